The molecular formula is C17H32N2O2. The molecule has 0 aromatic carbocycles. The van der Waals surface area contributed by atoms with Crippen LogP contribution in [0.3, 0.4) is 0 Å². The van der Waals surface area contributed by atoms with Crippen molar-refractivity contribution in [2.45, 2.75) is 81.8 Å². The van der Waals surface area contributed by atoms with E-state index in [4.69, 9.17) is 9.47 Å². The summed E-state index contributed by atoms with van der Waals surface area (Å²) in [6.07, 6.45) is 11.4. The first-order valence-electron chi connectivity index (χ1n) is 8.87. The van der Waals surface area contributed by atoms with E-state index in [-0.39, 0.29) is 0 Å². The number of nitrogens with zero attached hydrogens (tertiary/aromatic N) is 1. The molecule has 4 nitrogen and oxygen atoms in total. The van der Waals surface area contributed by atoms with Crippen LogP contribution in [-0.2, 0) is 9.47 Å². The van der Waals surface area contributed by atoms with Crippen molar-refractivity contribution in [3.05, 3.63) is 0 Å². The van der Waals surface area contributed by atoms with Gasteiger partial charge in [-0.05, 0) is 71.5 Å². The highest BCUT2D eigenvalue weighted by Crippen LogP contribution is 2.32. The smallest absolute Gasteiger partial charge is 0.0628 e. The van der Waals surface area contributed by atoms with Crippen LogP contribution < -0.4 is 5.32 Å². The molecule has 0 aromatic heterocycles. The van der Waals surface area contributed by atoms with Crippen molar-refractivity contribution in [3.8, 4) is 0 Å². The predicted molar refractivity (Wildman–Crippen MR) is 84.6 cm³/mol. The molecule has 0 spiro atoms. The molecule has 0 atom stereocenters. The van der Waals surface area contributed by atoms with Gasteiger partial charge >= 0.3 is 0 Å². The maximum Gasteiger partial charge on any atom is 0.0628 e. The summed E-state index contributed by atoms with van der Waals surface area (Å²) in [6.45, 7) is 2.38. The molecule has 0 unspecified atom stereocenters. The van der Waals surface area contributed by atoms with Crippen LogP contribution in [0.2, 0.25) is 0 Å². The Kier molecular flexibility index (Phi) is 5.54. The van der Waals surface area contributed by atoms with E-state index < -0.39 is 0 Å². The minimum atomic E-state index is 0.456. The fraction of sp³-hybridized carbons (Fsp3) is 1.00. The molecule has 1 saturated heterocycles. The Labute approximate surface area is 129 Å². The van der Waals surface area contributed by atoms with Crippen LogP contribution in [0.4, 0.5) is 0 Å². The SMILES string of the molecule is COC1CC(OC2CCC(N(C)C3CCNCC3)CC2)C1. The van der Waals surface area contributed by atoms with Gasteiger partial charge in [-0.2, -0.15) is 0 Å². The van der Waals surface area contributed by atoms with E-state index >= 15 is 0 Å². The number of methoxy groups -OCH3 is 1. The van der Waals surface area contributed by atoms with Crippen LogP contribution in [-0.4, -0.2) is 62.5 Å². The summed E-state index contributed by atoms with van der Waals surface area (Å²) < 4.78 is 11.6. The molecule has 4 heteroatoms. The predicted octanol–water partition coefficient (Wildman–Crippen LogP) is 2.18. The van der Waals surface area contributed by atoms with Gasteiger partial charge in [0.1, 0.15) is 0 Å². The fourth-order valence-corrected chi connectivity index (χ4v) is 4.19. The van der Waals surface area contributed by atoms with Crippen molar-refractivity contribution in [1.29, 1.82) is 0 Å². The molecule has 0 radical (unpaired) electrons. The van der Waals surface area contributed by atoms with Crippen LogP contribution in [0, 0.1) is 0 Å². The Morgan fingerprint density at radius 1 is 0.810 bits per heavy atom. The van der Waals surface area contributed by atoms with Crippen molar-refractivity contribution in [1.82, 2.24) is 10.2 Å². The minimum Gasteiger partial charge on any atom is -0.381 e. The average molecular weight is 296 g/mol. The molecule has 0 bridgehead atoms. The van der Waals surface area contributed by atoms with Crippen LogP contribution in [0.25, 0.3) is 0 Å². The molecule has 122 valence electrons. The first-order chi connectivity index (χ1) is 10.3. The van der Waals surface area contributed by atoms with Crippen molar-refractivity contribution in [3.63, 3.8) is 0 Å². The summed E-state index contributed by atoms with van der Waals surface area (Å²) in [5, 5.41) is 3.47. The molecule has 3 fully saturated rings. The van der Waals surface area contributed by atoms with Gasteiger partial charge in [-0.25, -0.2) is 0 Å². The molecule has 0 aromatic rings. The van der Waals surface area contributed by atoms with Crippen LogP contribution in [0.5, 0.6) is 0 Å². The molecule has 1 aliphatic heterocycles. The standard InChI is InChI=1S/C17H32N2O2/c1-19(14-7-9-18-10-8-14)13-3-5-15(6-4-13)21-17-11-16(12-17)20-2/h13-18H,3-12H2,1-2H3. The third kappa shape index (κ3) is 3.98. The Balaban J connectivity index is 1.36. The lowest BCUT2D eigenvalue weighted by Gasteiger charge is -2.42. The van der Waals surface area contributed by atoms with E-state index in [0.717, 1.165) is 24.9 Å². The monoisotopic (exact) mass is 296 g/mol. The van der Waals surface area contributed by atoms with Gasteiger partial charge in [0.05, 0.1) is 18.3 Å². The van der Waals surface area contributed by atoms with Gasteiger partial charge in [-0.3, -0.25) is 0 Å². The summed E-state index contributed by atoms with van der Waals surface area (Å²) in [6, 6.07) is 1.57. The molecule has 2 aliphatic carbocycles. The minimum absolute atomic E-state index is 0.456. The zero-order chi connectivity index (χ0) is 14.7. The Morgan fingerprint density at radius 2 is 1.43 bits per heavy atom. The van der Waals surface area contributed by atoms with Crippen molar-refractivity contribution < 1.29 is 9.47 Å². The van der Waals surface area contributed by atoms with Crippen molar-refractivity contribution in [2.24, 2.45) is 0 Å². The molecule has 3 rings (SSSR count). The van der Waals surface area contributed by atoms with E-state index in [1.54, 1.807) is 0 Å². The average Bonchev–Trinajstić information content (AvgIpc) is 2.51. The van der Waals surface area contributed by atoms with Gasteiger partial charge in [0.2, 0.25) is 0 Å². The number of hydrogen-bond donors (Lipinski definition) is 1. The topological polar surface area (TPSA) is 33.7 Å². The molecule has 1 heterocycles. The number of piperidine rings is 1. The molecule has 1 N–H and O–H groups in total. The number of hydrogen-bond acceptors (Lipinski definition) is 4. The summed E-state index contributed by atoms with van der Waals surface area (Å²) in [4.78, 5) is 2.67. The van der Waals surface area contributed by atoms with Crippen molar-refractivity contribution >= 4 is 0 Å². The van der Waals surface area contributed by atoms with Crippen LogP contribution in [0.15, 0.2) is 0 Å². The highest BCUT2D eigenvalue weighted by molar-refractivity contribution is 4.87. The second-order valence-corrected chi connectivity index (χ2v) is 7.16. The molecule has 0 amide bonds. The largest absolute Gasteiger partial charge is 0.381 e. The molecule has 2 saturated carbocycles. The summed E-state index contributed by atoms with van der Waals surface area (Å²) in [7, 11) is 4.15. The van der Waals surface area contributed by atoms with Gasteiger partial charge in [-0.1, -0.05) is 0 Å². The lowest BCUT2D eigenvalue weighted by Crippen LogP contribution is -2.48. The maximum atomic E-state index is 6.22. The summed E-state index contributed by atoms with van der Waals surface area (Å²) in [5.41, 5.74) is 0. The number of ether oxygens (including phenoxy) is 2. The first kappa shape index (κ1) is 15.7. The quantitative estimate of drug-likeness (QED) is 0.843. The highest BCUT2D eigenvalue weighted by Gasteiger charge is 2.34. The van der Waals surface area contributed by atoms with E-state index in [1.807, 2.05) is 7.11 Å². The second kappa shape index (κ2) is 7.40. The Bertz CT molecular complexity index is 306. The van der Waals surface area contributed by atoms with E-state index in [2.05, 4.69) is 17.3 Å². The zero-order valence-corrected chi connectivity index (χ0v) is 13.7. The molecule has 21 heavy (non-hydrogen) atoms. The van der Waals surface area contributed by atoms with Crippen LogP contribution in [0.1, 0.15) is 51.4 Å². The van der Waals surface area contributed by atoms with E-state index in [1.165, 1.54) is 51.6 Å². The maximum absolute atomic E-state index is 6.22. The Morgan fingerprint density at radius 3 is 2.05 bits per heavy atom. The lowest BCUT2D eigenvalue weighted by atomic mass is 9.88. The highest BCUT2D eigenvalue weighted by atomic mass is 16.5. The first-order valence-corrected chi connectivity index (χ1v) is 8.87. The number of rotatable bonds is 5. The molecule has 3 aliphatic rings. The second-order valence-electron chi connectivity index (χ2n) is 7.16. The van der Waals surface area contributed by atoms with Gasteiger partial charge < -0.3 is 19.7 Å². The number of nitrogens with one attached hydrogen (secondary N) is 1. The fourth-order valence-electron chi connectivity index (χ4n) is 4.19. The molecular weight excluding hydrogens is 264 g/mol. The zero-order valence-electron chi connectivity index (χ0n) is 13.7. The van der Waals surface area contributed by atoms with Crippen molar-refractivity contribution in [2.75, 3.05) is 27.2 Å². The Hall–Kier alpha value is -0.160. The van der Waals surface area contributed by atoms with Gasteiger partial charge in [0.15, 0.2) is 0 Å². The summed E-state index contributed by atoms with van der Waals surface area (Å²) in [5.74, 6) is 0. The van der Waals surface area contributed by atoms with Crippen LogP contribution >= 0.6 is 0 Å². The van der Waals surface area contributed by atoms with E-state index in [0.29, 0.717) is 18.3 Å². The summed E-state index contributed by atoms with van der Waals surface area (Å²) >= 11 is 0. The lowest BCUT2D eigenvalue weighted by molar-refractivity contribution is -0.126. The van der Waals surface area contributed by atoms with Gasteiger partial charge in [0, 0.05) is 19.2 Å². The third-order valence-electron chi connectivity index (χ3n) is 5.87. The van der Waals surface area contributed by atoms with E-state index in [9.17, 15) is 0 Å². The third-order valence-corrected chi connectivity index (χ3v) is 5.87. The normalized spacial score (nSPS) is 38.4. The van der Waals surface area contributed by atoms with Gasteiger partial charge in [-0.15, -0.1) is 0 Å². The van der Waals surface area contributed by atoms with Gasteiger partial charge in [0.25, 0.3) is 0 Å².